The molecule has 1 aromatic rings. The highest BCUT2D eigenvalue weighted by Crippen LogP contribution is 2.26. The zero-order chi connectivity index (χ0) is 13.5. The second-order valence-electron chi connectivity index (χ2n) is 4.31. The molecule has 0 saturated heterocycles. The molecule has 0 amide bonds. The van der Waals surface area contributed by atoms with Crippen molar-refractivity contribution in [2.24, 2.45) is 0 Å². The molecule has 1 atom stereocenters. The Balaban J connectivity index is 2.97. The van der Waals surface area contributed by atoms with Gasteiger partial charge >= 0.3 is 5.97 Å². The molecule has 1 aromatic carbocycles. The van der Waals surface area contributed by atoms with E-state index in [0.29, 0.717) is 18.5 Å². The highest BCUT2D eigenvalue weighted by atomic mass is 19.1. The third-order valence-corrected chi connectivity index (χ3v) is 2.94. The highest BCUT2D eigenvalue weighted by Gasteiger charge is 2.22. The number of carbonyl (C=O) groups is 1. The van der Waals surface area contributed by atoms with Crippen molar-refractivity contribution in [3.63, 3.8) is 0 Å². The van der Waals surface area contributed by atoms with E-state index >= 15 is 0 Å². The van der Waals surface area contributed by atoms with Crippen molar-refractivity contribution in [2.45, 2.75) is 32.7 Å². The maximum atomic E-state index is 13.8. The number of benzene rings is 1. The lowest BCUT2D eigenvalue weighted by molar-refractivity contribution is -0.139. The number of hydrogen-bond acceptors (Lipinski definition) is 2. The van der Waals surface area contributed by atoms with Gasteiger partial charge in [0, 0.05) is 11.6 Å². The van der Waals surface area contributed by atoms with E-state index in [1.54, 1.807) is 18.2 Å². The molecule has 0 aliphatic carbocycles. The summed E-state index contributed by atoms with van der Waals surface area (Å²) in [6.07, 6.45) is 1.53. The molecule has 100 valence electrons. The van der Waals surface area contributed by atoms with Crippen LogP contribution in [0, 0.1) is 5.82 Å². The van der Waals surface area contributed by atoms with E-state index in [4.69, 9.17) is 5.11 Å². The van der Waals surface area contributed by atoms with Gasteiger partial charge in [0.15, 0.2) is 0 Å². The number of carboxylic acid groups (broad SMARTS) is 1. The Morgan fingerprint density at radius 3 is 2.56 bits per heavy atom. The van der Waals surface area contributed by atoms with Crippen molar-refractivity contribution in [3.8, 4) is 0 Å². The molecule has 0 bridgehead atoms. The molecule has 0 aromatic heterocycles. The fourth-order valence-corrected chi connectivity index (χ4v) is 2.23. The third kappa shape index (κ3) is 3.81. The third-order valence-electron chi connectivity index (χ3n) is 2.94. The molecule has 3 nitrogen and oxygen atoms in total. The van der Waals surface area contributed by atoms with Crippen LogP contribution in [0.2, 0.25) is 0 Å². The van der Waals surface area contributed by atoms with Gasteiger partial charge in [-0.2, -0.15) is 0 Å². The van der Waals surface area contributed by atoms with E-state index in [0.717, 1.165) is 6.42 Å². The molecule has 1 rings (SSSR count). The Hall–Kier alpha value is -1.42. The summed E-state index contributed by atoms with van der Waals surface area (Å²) in [5, 5.41) is 8.94. The van der Waals surface area contributed by atoms with Crippen LogP contribution in [0.1, 0.15) is 38.3 Å². The van der Waals surface area contributed by atoms with Crippen LogP contribution in [-0.2, 0) is 4.79 Å². The van der Waals surface area contributed by atoms with Crippen molar-refractivity contribution < 1.29 is 14.3 Å². The highest BCUT2D eigenvalue weighted by molar-refractivity contribution is 5.69. The summed E-state index contributed by atoms with van der Waals surface area (Å²) < 4.78 is 13.8. The van der Waals surface area contributed by atoms with Gasteiger partial charge < -0.3 is 5.11 Å². The van der Waals surface area contributed by atoms with Crippen LogP contribution in [0.5, 0.6) is 0 Å². The van der Waals surface area contributed by atoms with Gasteiger partial charge in [0.05, 0.1) is 6.54 Å². The second kappa shape index (κ2) is 7.11. The summed E-state index contributed by atoms with van der Waals surface area (Å²) in [6, 6.07) is 6.40. The van der Waals surface area contributed by atoms with Gasteiger partial charge in [-0.1, -0.05) is 32.0 Å². The number of carboxylic acids is 1. The summed E-state index contributed by atoms with van der Waals surface area (Å²) in [5.74, 6) is -1.14. The van der Waals surface area contributed by atoms with Gasteiger partial charge in [-0.05, 0) is 25.5 Å². The monoisotopic (exact) mass is 253 g/mol. The molecule has 18 heavy (non-hydrogen) atoms. The first-order valence-corrected chi connectivity index (χ1v) is 6.30. The molecule has 4 heteroatoms. The quantitative estimate of drug-likeness (QED) is 0.811. The standard InChI is InChI=1S/C14H20FNO2/c1-3-9-16(10-14(17)18)13(4-2)11-7-5-6-8-12(11)15/h5-8,13H,3-4,9-10H2,1-2H3,(H,17,18). The Bertz CT molecular complexity index is 395. The van der Waals surface area contributed by atoms with Crippen LogP contribution < -0.4 is 0 Å². The Morgan fingerprint density at radius 2 is 2.06 bits per heavy atom. The molecule has 1 unspecified atom stereocenters. The molecule has 0 aliphatic rings. The van der Waals surface area contributed by atoms with Crippen LogP contribution in [0.15, 0.2) is 24.3 Å². The maximum Gasteiger partial charge on any atom is 0.317 e. The summed E-state index contributed by atoms with van der Waals surface area (Å²) in [4.78, 5) is 12.7. The zero-order valence-corrected chi connectivity index (χ0v) is 10.9. The smallest absolute Gasteiger partial charge is 0.317 e. The zero-order valence-electron chi connectivity index (χ0n) is 10.9. The Kier molecular flexibility index (Phi) is 5.78. The summed E-state index contributed by atoms with van der Waals surface area (Å²) in [6.45, 7) is 4.53. The van der Waals surface area contributed by atoms with Crippen molar-refractivity contribution >= 4 is 5.97 Å². The van der Waals surface area contributed by atoms with Crippen molar-refractivity contribution in [1.29, 1.82) is 0 Å². The Labute approximate surface area is 107 Å². The van der Waals surface area contributed by atoms with E-state index in [2.05, 4.69) is 0 Å². The normalized spacial score (nSPS) is 12.7. The summed E-state index contributed by atoms with van der Waals surface area (Å²) in [5.41, 5.74) is 0.578. The largest absolute Gasteiger partial charge is 0.480 e. The first-order chi connectivity index (χ1) is 8.60. The van der Waals surface area contributed by atoms with E-state index in [1.165, 1.54) is 6.07 Å². The van der Waals surface area contributed by atoms with Crippen molar-refractivity contribution in [1.82, 2.24) is 4.90 Å². The van der Waals surface area contributed by atoms with Crippen LogP contribution >= 0.6 is 0 Å². The fraction of sp³-hybridized carbons (Fsp3) is 0.500. The van der Waals surface area contributed by atoms with Gasteiger partial charge in [0.2, 0.25) is 0 Å². The van der Waals surface area contributed by atoms with E-state index in [9.17, 15) is 9.18 Å². The van der Waals surface area contributed by atoms with E-state index < -0.39 is 5.97 Å². The van der Waals surface area contributed by atoms with Crippen LogP contribution in [0.25, 0.3) is 0 Å². The first kappa shape index (κ1) is 14.6. The molecular weight excluding hydrogens is 233 g/mol. The number of hydrogen-bond donors (Lipinski definition) is 1. The lowest BCUT2D eigenvalue weighted by Gasteiger charge is -2.29. The van der Waals surface area contributed by atoms with Gasteiger partial charge in [0.25, 0.3) is 0 Å². The predicted octanol–water partition coefficient (Wildman–Crippen LogP) is 3.07. The predicted molar refractivity (Wildman–Crippen MR) is 68.9 cm³/mol. The topological polar surface area (TPSA) is 40.5 Å². The average Bonchev–Trinajstić information content (AvgIpc) is 2.32. The lowest BCUT2D eigenvalue weighted by Crippen LogP contribution is -2.34. The number of nitrogens with zero attached hydrogens (tertiary/aromatic N) is 1. The number of halogens is 1. The number of rotatable bonds is 7. The van der Waals surface area contributed by atoms with Crippen molar-refractivity contribution in [2.75, 3.05) is 13.1 Å². The van der Waals surface area contributed by atoms with Gasteiger partial charge in [-0.3, -0.25) is 9.69 Å². The molecule has 0 spiro atoms. The van der Waals surface area contributed by atoms with Gasteiger partial charge in [-0.15, -0.1) is 0 Å². The molecule has 0 radical (unpaired) electrons. The molecule has 0 aliphatic heterocycles. The van der Waals surface area contributed by atoms with Crippen LogP contribution in [0.3, 0.4) is 0 Å². The molecule has 0 heterocycles. The minimum absolute atomic E-state index is 0.0549. The summed E-state index contributed by atoms with van der Waals surface area (Å²) in [7, 11) is 0. The summed E-state index contributed by atoms with van der Waals surface area (Å²) >= 11 is 0. The van der Waals surface area contributed by atoms with Gasteiger partial charge in [0.1, 0.15) is 5.82 Å². The molecule has 1 N–H and O–H groups in total. The average molecular weight is 253 g/mol. The van der Waals surface area contributed by atoms with E-state index in [1.807, 2.05) is 18.7 Å². The second-order valence-corrected chi connectivity index (χ2v) is 4.31. The fourth-order valence-electron chi connectivity index (χ4n) is 2.23. The maximum absolute atomic E-state index is 13.8. The molecule has 0 fully saturated rings. The SMILES string of the molecule is CCCN(CC(=O)O)C(CC)c1ccccc1F. The molecule has 0 saturated carbocycles. The van der Waals surface area contributed by atoms with E-state index in [-0.39, 0.29) is 18.4 Å². The molecular formula is C14H20FNO2. The number of aliphatic carboxylic acids is 1. The van der Waals surface area contributed by atoms with Crippen molar-refractivity contribution in [3.05, 3.63) is 35.6 Å². The van der Waals surface area contributed by atoms with Crippen LogP contribution in [0.4, 0.5) is 4.39 Å². The minimum Gasteiger partial charge on any atom is -0.480 e. The van der Waals surface area contributed by atoms with Gasteiger partial charge in [-0.25, -0.2) is 4.39 Å². The first-order valence-electron chi connectivity index (χ1n) is 6.30. The van der Waals surface area contributed by atoms with Crippen LogP contribution in [-0.4, -0.2) is 29.1 Å². The Morgan fingerprint density at radius 1 is 1.39 bits per heavy atom. The lowest BCUT2D eigenvalue weighted by atomic mass is 10.0. The minimum atomic E-state index is -0.877.